The third-order valence-corrected chi connectivity index (χ3v) is 6.15. The van der Waals surface area contributed by atoms with Gasteiger partial charge in [0, 0.05) is 11.6 Å². The molecule has 3 aromatic carbocycles. The van der Waals surface area contributed by atoms with Crippen LogP contribution in [0, 0.1) is 0 Å². The molecule has 4 rings (SSSR count). The first kappa shape index (κ1) is 21.8. The van der Waals surface area contributed by atoms with E-state index < -0.39 is 0 Å². The molecule has 0 radical (unpaired) electrons. The van der Waals surface area contributed by atoms with Crippen LogP contribution in [-0.2, 0) is 12.8 Å². The van der Waals surface area contributed by atoms with Gasteiger partial charge in [-0.2, -0.15) is 0 Å². The topological polar surface area (TPSA) is 58.2 Å². The monoisotopic (exact) mass is 426 g/mol. The normalized spacial score (nSPS) is 14.0. The quantitative estimate of drug-likeness (QED) is 0.503. The number of carbonyl (C=O) groups is 2. The van der Waals surface area contributed by atoms with Crippen molar-refractivity contribution in [2.75, 3.05) is 5.32 Å². The van der Waals surface area contributed by atoms with E-state index in [-0.39, 0.29) is 17.9 Å². The molecule has 0 atom stereocenters. The molecule has 2 amide bonds. The van der Waals surface area contributed by atoms with Crippen LogP contribution in [0.3, 0.4) is 0 Å². The number of carbonyl (C=O) groups excluding carboxylic acids is 2. The standard InChI is InChI=1S/C28H30N2O2/c31-27(24-16-8-7-13-22(24)20-19-21-11-3-1-4-12-21)30-26-18-10-9-17-25(26)28(32)29-23-14-5-2-6-15-23/h1,3-4,7-13,16-18,23H,2,5-6,14-15,19-20H2,(H,29,32)(H,30,31). The zero-order chi connectivity index (χ0) is 22.2. The van der Waals surface area contributed by atoms with Crippen molar-refractivity contribution in [2.24, 2.45) is 0 Å². The van der Waals surface area contributed by atoms with Gasteiger partial charge in [0.1, 0.15) is 0 Å². The van der Waals surface area contributed by atoms with Crippen LogP contribution in [0.2, 0.25) is 0 Å². The summed E-state index contributed by atoms with van der Waals surface area (Å²) in [6.45, 7) is 0. The Labute approximate surface area is 190 Å². The van der Waals surface area contributed by atoms with Gasteiger partial charge in [0.2, 0.25) is 0 Å². The minimum atomic E-state index is -0.188. The first-order valence-corrected chi connectivity index (χ1v) is 11.5. The second-order valence-corrected chi connectivity index (χ2v) is 8.45. The Morgan fingerprint density at radius 1 is 0.688 bits per heavy atom. The number of para-hydroxylation sites is 1. The molecule has 0 heterocycles. The van der Waals surface area contributed by atoms with Crippen molar-refractivity contribution in [3.05, 3.63) is 101 Å². The van der Waals surface area contributed by atoms with Gasteiger partial charge in [-0.15, -0.1) is 0 Å². The lowest BCUT2D eigenvalue weighted by atomic mass is 9.95. The average Bonchev–Trinajstić information content (AvgIpc) is 2.84. The van der Waals surface area contributed by atoms with Gasteiger partial charge < -0.3 is 10.6 Å². The SMILES string of the molecule is O=C(Nc1ccccc1C(=O)NC1CCCCC1)c1ccccc1CCc1ccccc1. The molecule has 164 valence electrons. The third-order valence-electron chi connectivity index (χ3n) is 6.15. The Balaban J connectivity index is 1.47. The summed E-state index contributed by atoms with van der Waals surface area (Å²) in [5.41, 5.74) is 3.94. The van der Waals surface area contributed by atoms with E-state index in [0.29, 0.717) is 16.8 Å². The summed E-state index contributed by atoms with van der Waals surface area (Å²) >= 11 is 0. The van der Waals surface area contributed by atoms with Crippen LogP contribution in [0.5, 0.6) is 0 Å². The van der Waals surface area contributed by atoms with Crippen LogP contribution in [0.25, 0.3) is 0 Å². The molecule has 4 nitrogen and oxygen atoms in total. The number of hydrogen-bond acceptors (Lipinski definition) is 2. The largest absolute Gasteiger partial charge is 0.349 e. The molecule has 4 heteroatoms. The molecule has 0 spiro atoms. The first-order chi connectivity index (χ1) is 15.7. The Bertz CT molecular complexity index is 1060. The molecule has 1 saturated carbocycles. The summed E-state index contributed by atoms with van der Waals surface area (Å²) in [6.07, 6.45) is 7.24. The number of nitrogens with one attached hydrogen (secondary N) is 2. The number of anilines is 1. The van der Waals surface area contributed by atoms with E-state index in [1.54, 1.807) is 12.1 Å². The van der Waals surface area contributed by atoms with Crippen molar-refractivity contribution in [1.29, 1.82) is 0 Å². The second kappa shape index (κ2) is 10.8. The number of amides is 2. The lowest BCUT2D eigenvalue weighted by Crippen LogP contribution is -2.36. The fourth-order valence-corrected chi connectivity index (χ4v) is 4.37. The van der Waals surface area contributed by atoms with Crippen LogP contribution in [0.15, 0.2) is 78.9 Å². The highest BCUT2D eigenvalue weighted by molar-refractivity contribution is 6.09. The summed E-state index contributed by atoms with van der Waals surface area (Å²) in [6, 6.07) is 25.4. The van der Waals surface area contributed by atoms with Gasteiger partial charge in [0.15, 0.2) is 0 Å². The van der Waals surface area contributed by atoms with Gasteiger partial charge >= 0.3 is 0 Å². The molecular weight excluding hydrogens is 396 g/mol. The van der Waals surface area contributed by atoms with Crippen molar-refractivity contribution in [3.8, 4) is 0 Å². The Morgan fingerprint density at radius 3 is 2.12 bits per heavy atom. The summed E-state index contributed by atoms with van der Waals surface area (Å²) in [5.74, 6) is -0.309. The smallest absolute Gasteiger partial charge is 0.255 e. The average molecular weight is 427 g/mol. The molecule has 2 N–H and O–H groups in total. The van der Waals surface area contributed by atoms with E-state index in [4.69, 9.17) is 0 Å². The lowest BCUT2D eigenvalue weighted by Gasteiger charge is -2.23. The number of rotatable bonds is 7. The molecule has 0 saturated heterocycles. The summed E-state index contributed by atoms with van der Waals surface area (Å²) < 4.78 is 0. The van der Waals surface area contributed by atoms with E-state index in [2.05, 4.69) is 22.8 Å². The lowest BCUT2D eigenvalue weighted by molar-refractivity contribution is 0.0928. The van der Waals surface area contributed by atoms with Crippen LogP contribution in [0.4, 0.5) is 5.69 Å². The van der Waals surface area contributed by atoms with Gasteiger partial charge in [-0.3, -0.25) is 9.59 Å². The van der Waals surface area contributed by atoms with Crippen LogP contribution < -0.4 is 10.6 Å². The predicted octanol–water partition coefficient (Wildman–Crippen LogP) is 5.79. The van der Waals surface area contributed by atoms with E-state index in [0.717, 1.165) is 44.1 Å². The van der Waals surface area contributed by atoms with Crippen molar-refractivity contribution >= 4 is 17.5 Å². The van der Waals surface area contributed by atoms with E-state index in [1.165, 1.54) is 12.0 Å². The molecule has 1 fully saturated rings. The number of benzene rings is 3. The maximum Gasteiger partial charge on any atom is 0.255 e. The Kier molecular flexibility index (Phi) is 7.34. The molecule has 0 aliphatic heterocycles. The molecule has 0 bridgehead atoms. The highest BCUT2D eigenvalue weighted by Crippen LogP contribution is 2.21. The number of hydrogen-bond donors (Lipinski definition) is 2. The third kappa shape index (κ3) is 5.64. The molecule has 0 aromatic heterocycles. The summed E-state index contributed by atoms with van der Waals surface area (Å²) in [7, 11) is 0. The molecule has 3 aromatic rings. The van der Waals surface area contributed by atoms with E-state index in [9.17, 15) is 9.59 Å². The van der Waals surface area contributed by atoms with Gasteiger partial charge in [0.25, 0.3) is 11.8 Å². The minimum absolute atomic E-state index is 0.120. The summed E-state index contributed by atoms with van der Waals surface area (Å²) in [4.78, 5) is 26.1. The first-order valence-electron chi connectivity index (χ1n) is 11.5. The Morgan fingerprint density at radius 2 is 1.34 bits per heavy atom. The number of aryl methyl sites for hydroxylation is 2. The van der Waals surface area contributed by atoms with Crippen LogP contribution in [-0.4, -0.2) is 17.9 Å². The zero-order valence-electron chi connectivity index (χ0n) is 18.3. The fourth-order valence-electron chi connectivity index (χ4n) is 4.37. The van der Waals surface area contributed by atoms with Crippen molar-refractivity contribution in [3.63, 3.8) is 0 Å². The van der Waals surface area contributed by atoms with Crippen molar-refractivity contribution in [2.45, 2.75) is 51.0 Å². The van der Waals surface area contributed by atoms with Crippen molar-refractivity contribution < 1.29 is 9.59 Å². The predicted molar refractivity (Wildman–Crippen MR) is 129 cm³/mol. The van der Waals surface area contributed by atoms with Crippen molar-refractivity contribution in [1.82, 2.24) is 5.32 Å². The van der Waals surface area contributed by atoms with E-state index >= 15 is 0 Å². The molecule has 32 heavy (non-hydrogen) atoms. The van der Waals surface area contributed by atoms with Gasteiger partial charge in [-0.25, -0.2) is 0 Å². The summed E-state index contributed by atoms with van der Waals surface area (Å²) in [5, 5.41) is 6.13. The van der Waals surface area contributed by atoms with Crippen LogP contribution in [0.1, 0.15) is 63.9 Å². The highest BCUT2D eigenvalue weighted by Gasteiger charge is 2.20. The Hall–Kier alpha value is -3.40. The maximum atomic E-state index is 13.2. The highest BCUT2D eigenvalue weighted by atomic mass is 16.2. The molecule has 1 aliphatic rings. The molecule has 0 unspecified atom stereocenters. The second-order valence-electron chi connectivity index (χ2n) is 8.45. The van der Waals surface area contributed by atoms with Crippen LogP contribution >= 0.6 is 0 Å². The van der Waals surface area contributed by atoms with Gasteiger partial charge in [0.05, 0.1) is 11.3 Å². The van der Waals surface area contributed by atoms with Gasteiger partial charge in [-0.1, -0.05) is 79.9 Å². The molecular formula is C28H30N2O2. The minimum Gasteiger partial charge on any atom is -0.349 e. The molecule has 1 aliphatic carbocycles. The zero-order valence-corrected chi connectivity index (χ0v) is 18.3. The maximum absolute atomic E-state index is 13.2. The van der Waals surface area contributed by atoms with E-state index in [1.807, 2.05) is 54.6 Å². The fraction of sp³-hybridized carbons (Fsp3) is 0.286. The van der Waals surface area contributed by atoms with Gasteiger partial charge in [-0.05, 0) is 55.0 Å².